The summed E-state index contributed by atoms with van der Waals surface area (Å²) in [6.45, 7) is 1.35. The number of halogens is 4. The molecule has 1 spiro atoms. The van der Waals surface area contributed by atoms with Crippen molar-refractivity contribution in [3.8, 4) is 5.75 Å². The predicted molar refractivity (Wildman–Crippen MR) is 149 cm³/mol. The lowest BCUT2D eigenvalue weighted by Crippen LogP contribution is -2.52. The van der Waals surface area contributed by atoms with Crippen LogP contribution in [-0.4, -0.2) is 44.6 Å². The van der Waals surface area contributed by atoms with Crippen LogP contribution < -0.4 is 15.5 Å². The van der Waals surface area contributed by atoms with Crippen LogP contribution in [0.2, 0.25) is 0 Å². The Morgan fingerprint density at radius 3 is 2.58 bits per heavy atom. The minimum absolute atomic E-state index is 0.0518. The van der Waals surface area contributed by atoms with Gasteiger partial charge in [-0.2, -0.15) is 0 Å². The topological polar surface area (TPSA) is 102 Å². The number of fused-ring (bicyclic) bond motifs is 5. The quantitative estimate of drug-likeness (QED) is 0.435. The monoisotopic (exact) mass is 614 g/mol. The summed E-state index contributed by atoms with van der Waals surface area (Å²) in [5, 5.41) is 6.56. The molecule has 224 valence electrons. The van der Waals surface area contributed by atoms with E-state index in [2.05, 4.69) is 10.5 Å². The Hall–Kier alpha value is -4.32. The zero-order valence-electron chi connectivity index (χ0n) is 22.9. The molecule has 2 aromatic carbocycles. The predicted octanol–water partition coefficient (Wildman–Crippen LogP) is 4.67. The fraction of sp³-hybridized carbons (Fsp3) is 0.333. The molecule has 6 rings (SSSR count). The minimum atomic E-state index is -1.19. The van der Waals surface area contributed by atoms with Gasteiger partial charge in [0, 0.05) is 49.4 Å². The van der Waals surface area contributed by atoms with E-state index < -0.39 is 64.0 Å². The molecule has 9 nitrogen and oxygen atoms in total. The average molecular weight is 615 g/mol. The highest BCUT2D eigenvalue weighted by Crippen LogP contribution is 2.46. The molecular formula is C30H26ClF3N4O5. The van der Waals surface area contributed by atoms with Gasteiger partial charge in [-0.05, 0) is 25.3 Å². The number of benzene rings is 2. The van der Waals surface area contributed by atoms with E-state index >= 15 is 0 Å². The second kappa shape index (κ2) is 11.1. The third-order valence-corrected chi connectivity index (χ3v) is 8.46. The third-order valence-electron chi connectivity index (χ3n) is 8.26. The maximum Gasteiger partial charge on any atom is 0.274 e. The molecule has 1 saturated heterocycles. The molecule has 2 amide bonds. The molecule has 0 radical (unpaired) electrons. The van der Waals surface area contributed by atoms with E-state index in [1.54, 1.807) is 29.2 Å². The van der Waals surface area contributed by atoms with Gasteiger partial charge in [0.15, 0.2) is 17.0 Å². The van der Waals surface area contributed by atoms with Crippen LogP contribution in [0.15, 0.2) is 58.6 Å². The molecule has 3 aromatic rings. The van der Waals surface area contributed by atoms with Crippen molar-refractivity contribution in [1.29, 1.82) is 0 Å². The van der Waals surface area contributed by atoms with Crippen molar-refractivity contribution >= 4 is 28.6 Å². The highest BCUT2D eigenvalue weighted by atomic mass is 35.5. The zero-order valence-corrected chi connectivity index (χ0v) is 23.7. The van der Waals surface area contributed by atoms with Crippen LogP contribution in [0.1, 0.15) is 64.2 Å². The Kier molecular flexibility index (Phi) is 7.41. The van der Waals surface area contributed by atoms with Crippen molar-refractivity contribution in [1.82, 2.24) is 14.8 Å². The maximum atomic E-state index is 14.3. The molecule has 2 bridgehead atoms. The molecule has 3 aliphatic rings. The fourth-order valence-electron chi connectivity index (χ4n) is 5.93. The standard InChI is InChI=1S/C30H26ClF3N4O5/c1-16-7-8-30(11-24(31)36-43-30)23-14-37(16)29(41)25-27(42-15-17-5-3-2-4-6-17)26(39)20(13-38(23)25)28(40)35-12-19-21(33)9-18(32)10-22(19)34/h2-6,9-10,13,16,23H,7-8,11-12,14-15H2,1H3,(H,35,40)/t16-,23+,30-/m0/s1. The molecule has 3 aliphatic heterocycles. The number of pyridine rings is 1. The Bertz CT molecular complexity index is 1690. The van der Waals surface area contributed by atoms with Gasteiger partial charge in [-0.1, -0.05) is 47.1 Å². The Labute approximate surface area is 248 Å². The van der Waals surface area contributed by atoms with Crippen LogP contribution in [0.3, 0.4) is 0 Å². The molecule has 0 aliphatic carbocycles. The Morgan fingerprint density at radius 2 is 1.91 bits per heavy atom. The van der Waals surface area contributed by atoms with Gasteiger partial charge in [-0.3, -0.25) is 14.4 Å². The van der Waals surface area contributed by atoms with Gasteiger partial charge in [0.2, 0.25) is 5.43 Å². The molecule has 43 heavy (non-hydrogen) atoms. The van der Waals surface area contributed by atoms with E-state index in [1.807, 2.05) is 13.0 Å². The molecule has 13 heteroatoms. The Morgan fingerprint density at radius 1 is 1.19 bits per heavy atom. The summed E-state index contributed by atoms with van der Waals surface area (Å²) in [5.41, 5.74) is -2.19. The zero-order chi connectivity index (χ0) is 30.5. The normalized spacial score (nSPS) is 22.5. The Balaban J connectivity index is 1.45. The number of carbonyl (C=O) groups excluding carboxylic acids is 2. The second-order valence-electron chi connectivity index (χ2n) is 10.9. The van der Waals surface area contributed by atoms with Gasteiger partial charge >= 0.3 is 0 Å². The van der Waals surface area contributed by atoms with E-state index in [4.69, 9.17) is 21.2 Å². The van der Waals surface area contributed by atoms with Crippen LogP contribution in [0.25, 0.3) is 0 Å². The van der Waals surface area contributed by atoms with Crippen molar-refractivity contribution in [3.63, 3.8) is 0 Å². The number of nitrogens with one attached hydrogen (secondary N) is 1. The molecular weight excluding hydrogens is 589 g/mol. The summed E-state index contributed by atoms with van der Waals surface area (Å²) in [5.74, 6) is -5.26. The second-order valence-corrected chi connectivity index (χ2v) is 11.4. The number of amides is 2. The first-order chi connectivity index (χ1) is 20.6. The first-order valence-electron chi connectivity index (χ1n) is 13.7. The number of ether oxygens (including phenoxy) is 1. The summed E-state index contributed by atoms with van der Waals surface area (Å²) in [6.07, 6.45) is 2.55. The van der Waals surface area contributed by atoms with Gasteiger partial charge in [0.05, 0.1) is 6.04 Å². The van der Waals surface area contributed by atoms with Gasteiger partial charge in [0.1, 0.15) is 34.8 Å². The highest BCUT2D eigenvalue weighted by molar-refractivity contribution is 6.65. The third kappa shape index (κ3) is 5.13. The van der Waals surface area contributed by atoms with Gasteiger partial charge < -0.3 is 24.4 Å². The number of hydrogen-bond acceptors (Lipinski definition) is 6. The number of hydrogen-bond donors (Lipinski definition) is 1. The maximum absolute atomic E-state index is 14.3. The summed E-state index contributed by atoms with van der Waals surface area (Å²) >= 11 is 6.26. The molecule has 0 unspecified atom stereocenters. The molecule has 4 heterocycles. The lowest BCUT2D eigenvalue weighted by atomic mass is 9.85. The van der Waals surface area contributed by atoms with Gasteiger partial charge in [0.25, 0.3) is 11.8 Å². The largest absolute Gasteiger partial charge is 0.483 e. The van der Waals surface area contributed by atoms with E-state index in [0.29, 0.717) is 30.5 Å². The van der Waals surface area contributed by atoms with E-state index in [-0.39, 0.29) is 42.2 Å². The van der Waals surface area contributed by atoms with Crippen LogP contribution in [0.5, 0.6) is 5.75 Å². The first-order valence-corrected chi connectivity index (χ1v) is 14.0. The number of nitrogens with zero attached hydrogens (tertiary/aromatic N) is 3. The van der Waals surface area contributed by atoms with E-state index in [0.717, 1.165) is 0 Å². The molecule has 0 saturated carbocycles. The van der Waals surface area contributed by atoms with Crippen molar-refractivity contribution in [2.45, 2.75) is 57.0 Å². The van der Waals surface area contributed by atoms with Gasteiger partial charge in [-0.15, -0.1) is 0 Å². The van der Waals surface area contributed by atoms with E-state index in [9.17, 15) is 27.6 Å². The lowest BCUT2D eigenvalue weighted by Gasteiger charge is -2.42. The van der Waals surface area contributed by atoms with Crippen LogP contribution in [0.4, 0.5) is 13.2 Å². The number of carbonyl (C=O) groups is 2. The number of aromatic nitrogens is 1. The molecule has 3 atom stereocenters. The molecule has 1 fully saturated rings. The van der Waals surface area contributed by atoms with Crippen LogP contribution >= 0.6 is 11.6 Å². The SMILES string of the molecule is C[C@H]1CC[C@]2(CC(Cl)=NO2)[C@H]2CN1C(=O)c1c(OCc3ccccc3)c(=O)c(C(=O)NCc3c(F)cc(F)cc3F)cn12. The lowest BCUT2D eigenvalue weighted by molar-refractivity contribution is -0.0656. The van der Waals surface area contributed by atoms with Crippen LogP contribution in [0, 0.1) is 17.5 Å². The fourth-order valence-corrected chi connectivity index (χ4v) is 6.19. The summed E-state index contributed by atoms with van der Waals surface area (Å²) < 4.78 is 49.4. The number of rotatable bonds is 6. The van der Waals surface area contributed by atoms with Crippen molar-refractivity contribution < 1.29 is 32.3 Å². The van der Waals surface area contributed by atoms with Gasteiger partial charge in [-0.25, -0.2) is 13.2 Å². The summed E-state index contributed by atoms with van der Waals surface area (Å²) in [6, 6.07) is 9.12. The van der Waals surface area contributed by atoms with Crippen LogP contribution in [-0.2, 0) is 18.0 Å². The first kappa shape index (κ1) is 28.8. The summed E-state index contributed by atoms with van der Waals surface area (Å²) in [4.78, 5) is 48.7. The molecule has 1 N–H and O–H groups in total. The summed E-state index contributed by atoms with van der Waals surface area (Å²) in [7, 11) is 0. The van der Waals surface area contributed by atoms with Crippen molar-refractivity contribution in [2.24, 2.45) is 5.16 Å². The smallest absolute Gasteiger partial charge is 0.274 e. The molecule has 1 aromatic heterocycles. The highest BCUT2D eigenvalue weighted by Gasteiger charge is 2.54. The average Bonchev–Trinajstić information content (AvgIpc) is 3.30. The van der Waals surface area contributed by atoms with E-state index in [1.165, 1.54) is 10.8 Å². The number of oxime groups is 1. The van der Waals surface area contributed by atoms with Crippen molar-refractivity contribution in [2.75, 3.05) is 6.54 Å². The van der Waals surface area contributed by atoms with Crippen molar-refractivity contribution in [3.05, 3.63) is 98.7 Å². The minimum Gasteiger partial charge on any atom is -0.483 e.